The highest BCUT2D eigenvalue weighted by Gasteiger charge is 2.22. The second kappa shape index (κ2) is 10.9. The molecule has 0 saturated carbocycles. The predicted molar refractivity (Wildman–Crippen MR) is 123 cm³/mol. The Morgan fingerprint density at radius 2 is 1.66 bits per heavy atom. The van der Waals surface area contributed by atoms with E-state index >= 15 is 0 Å². The number of carbonyl (C=O) groups excluding carboxylic acids is 1. The van der Waals surface area contributed by atoms with Crippen molar-refractivity contribution in [2.75, 3.05) is 12.4 Å². The van der Waals surface area contributed by atoms with Gasteiger partial charge in [-0.3, -0.25) is 14.9 Å². The maximum atomic E-state index is 13.8. The molecule has 0 atom stereocenters. The van der Waals surface area contributed by atoms with Crippen molar-refractivity contribution in [3.63, 3.8) is 0 Å². The van der Waals surface area contributed by atoms with Gasteiger partial charge in [-0.05, 0) is 24.3 Å². The number of nitrogens with zero attached hydrogens (tertiary/aromatic N) is 1. The van der Waals surface area contributed by atoms with Gasteiger partial charge in [0.2, 0.25) is 11.6 Å². The Kier molecular flexibility index (Phi) is 7.46. The summed E-state index contributed by atoms with van der Waals surface area (Å²) in [5.41, 5.74) is -0.393. The number of carbonyl (C=O) groups is 1. The first-order valence-electron chi connectivity index (χ1n) is 10.6. The van der Waals surface area contributed by atoms with Gasteiger partial charge in [0, 0.05) is 18.2 Å². The summed E-state index contributed by atoms with van der Waals surface area (Å²) in [5.74, 6) is -8.63. The fourth-order valence-corrected chi connectivity index (χ4v) is 3.24. The van der Waals surface area contributed by atoms with Gasteiger partial charge in [0.1, 0.15) is 18.1 Å². The van der Waals surface area contributed by atoms with E-state index in [1.165, 1.54) is 25.3 Å². The molecule has 38 heavy (non-hydrogen) atoms. The van der Waals surface area contributed by atoms with Crippen LogP contribution in [0.3, 0.4) is 0 Å². The molecule has 1 N–H and O–H groups in total. The van der Waals surface area contributed by atoms with Gasteiger partial charge in [0.15, 0.2) is 34.6 Å². The van der Waals surface area contributed by atoms with Crippen molar-refractivity contribution in [2.45, 2.75) is 6.61 Å². The molecule has 0 spiro atoms. The number of non-ortho nitro benzene ring substituents is 1. The highest BCUT2D eigenvalue weighted by atomic mass is 19.2. The molecule has 0 unspecified atom stereocenters. The van der Waals surface area contributed by atoms with Crippen molar-refractivity contribution in [1.82, 2.24) is 0 Å². The third kappa shape index (κ3) is 5.67. The second-order valence-electron chi connectivity index (χ2n) is 7.53. The van der Waals surface area contributed by atoms with E-state index in [2.05, 4.69) is 5.32 Å². The predicted octanol–water partition coefficient (Wildman–Crippen LogP) is 6.38. The van der Waals surface area contributed by atoms with Crippen LogP contribution in [0.1, 0.15) is 16.3 Å². The number of hydrogen-bond donors (Lipinski definition) is 1. The largest absolute Gasteiger partial charge is 0.493 e. The van der Waals surface area contributed by atoms with Crippen LogP contribution in [0.5, 0.6) is 23.0 Å². The Hall–Kier alpha value is -5.07. The molecule has 4 rings (SSSR count). The molecule has 13 heteroatoms. The number of halogens is 4. The fraction of sp³-hybridized carbons (Fsp3) is 0.0800. The number of hydrogen-bond acceptors (Lipinski definition) is 7. The number of nitro groups is 1. The molecular formula is C25H16F4N2O7. The molecule has 1 heterocycles. The summed E-state index contributed by atoms with van der Waals surface area (Å²) in [7, 11) is 1.42. The normalized spacial score (nSPS) is 10.7. The first kappa shape index (κ1) is 26.0. The Bertz CT molecular complexity index is 1500. The molecule has 0 aliphatic carbocycles. The van der Waals surface area contributed by atoms with Gasteiger partial charge >= 0.3 is 0 Å². The van der Waals surface area contributed by atoms with Crippen LogP contribution in [0, 0.1) is 33.4 Å². The lowest BCUT2D eigenvalue weighted by atomic mass is 10.2. The Morgan fingerprint density at radius 1 is 0.974 bits per heavy atom. The van der Waals surface area contributed by atoms with E-state index in [1.54, 1.807) is 24.3 Å². The minimum atomic E-state index is -1.73. The minimum Gasteiger partial charge on any atom is -0.493 e. The number of anilines is 1. The number of methoxy groups -OCH3 is 1. The van der Waals surface area contributed by atoms with E-state index in [4.69, 9.17) is 18.6 Å². The summed E-state index contributed by atoms with van der Waals surface area (Å²) >= 11 is 0. The molecule has 3 aromatic carbocycles. The van der Waals surface area contributed by atoms with E-state index in [-0.39, 0.29) is 40.5 Å². The summed E-state index contributed by atoms with van der Waals surface area (Å²) in [6.45, 7) is -0.669. The number of nitro benzene ring substituents is 1. The summed E-state index contributed by atoms with van der Waals surface area (Å²) in [4.78, 5) is 23.4. The van der Waals surface area contributed by atoms with E-state index in [9.17, 15) is 32.5 Å². The third-order valence-corrected chi connectivity index (χ3v) is 4.97. The monoisotopic (exact) mass is 532 g/mol. The van der Waals surface area contributed by atoms with Crippen LogP contribution in [-0.2, 0) is 6.61 Å². The highest BCUT2D eigenvalue weighted by molar-refractivity contribution is 6.02. The topological polar surface area (TPSA) is 113 Å². The molecule has 0 aliphatic heterocycles. The number of amides is 1. The molecule has 0 bridgehead atoms. The van der Waals surface area contributed by atoms with Crippen LogP contribution in [-0.4, -0.2) is 17.9 Å². The lowest BCUT2D eigenvalue weighted by Crippen LogP contribution is -2.11. The SMILES string of the molecule is COc1ccccc1Oc1cc(NC(=O)c2ccc(COc3c(F)c(F)cc(F)c3F)o2)cc([N+](=O)[O-])c1. The highest BCUT2D eigenvalue weighted by Crippen LogP contribution is 2.34. The van der Waals surface area contributed by atoms with Gasteiger partial charge < -0.3 is 23.9 Å². The van der Waals surface area contributed by atoms with E-state index < -0.39 is 46.5 Å². The Balaban J connectivity index is 1.50. The van der Waals surface area contributed by atoms with Crippen LogP contribution in [0.2, 0.25) is 0 Å². The molecule has 0 fully saturated rings. The quantitative estimate of drug-likeness (QED) is 0.115. The Morgan fingerprint density at radius 3 is 2.32 bits per heavy atom. The van der Waals surface area contributed by atoms with Gasteiger partial charge in [-0.25, -0.2) is 8.78 Å². The van der Waals surface area contributed by atoms with Crippen LogP contribution in [0.15, 0.2) is 65.1 Å². The fourth-order valence-electron chi connectivity index (χ4n) is 3.24. The van der Waals surface area contributed by atoms with Crippen LogP contribution in [0.25, 0.3) is 0 Å². The van der Waals surface area contributed by atoms with Gasteiger partial charge in [0.05, 0.1) is 23.8 Å². The smallest absolute Gasteiger partial charge is 0.291 e. The molecule has 0 radical (unpaired) electrons. The molecule has 4 aromatic rings. The van der Waals surface area contributed by atoms with Crippen LogP contribution in [0.4, 0.5) is 28.9 Å². The van der Waals surface area contributed by atoms with Crippen molar-refractivity contribution >= 4 is 17.3 Å². The molecule has 0 saturated heterocycles. The lowest BCUT2D eigenvalue weighted by molar-refractivity contribution is -0.384. The molecular weight excluding hydrogens is 516 g/mol. The zero-order valence-electron chi connectivity index (χ0n) is 19.3. The first-order valence-corrected chi connectivity index (χ1v) is 10.6. The zero-order valence-corrected chi connectivity index (χ0v) is 19.3. The van der Waals surface area contributed by atoms with Gasteiger partial charge in [-0.2, -0.15) is 8.78 Å². The Labute approximate surface area is 211 Å². The van der Waals surface area contributed by atoms with Gasteiger partial charge in [-0.15, -0.1) is 0 Å². The molecule has 1 amide bonds. The van der Waals surface area contributed by atoms with Crippen molar-refractivity contribution < 1.29 is 45.9 Å². The number of rotatable bonds is 9. The lowest BCUT2D eigenvalue weighted by Gasteiger charge is -2.11. The summed E-state index contributed by atoms with van der Waals surface area (Å²) < 4.78 is 75.1. The number of para-hydroxylation sites is 2. The van der Waals surface area contributed by atoms with E-state index in [1.807, 2.05) is 0 Å². The van der Waals surface area contributed by atoms with E-state index in [0.717, 1.165) is 12.1 Å². The number of benzene rings is 3. The summed E-state index contributed by atoms with van der Waals surface area (Å²) in [5, 5.41) is 13.8. The molecule has 0 aliphatic rings. The third-order valence-electron chi connectivity index (χ3n) is 4.97. The van der Waals surface area contributed by atoms with E-state index in [0.29, 0.717) is 5.75 Å². The van der Waals surface area contributed by atoms with Crippen molar-refractivity contribution in [2.24, 2.45) is 0 Å². The molecule has 196 valence electrons. The summed E-state index contributed by atoms with van der Waals surface area (Å²) in [6.07, 6.45) is 0. The standard InChI is InChI=1S/C25H16F4N2O7/c1-35-19-4-2-3-5-20(19)38-16-9-13(8-14(10-16)31(33)34)30-25(32)21-7-6-15(37-21)12-36-24-22(28)17(26)11-18(27)23(24)29/h2-11H,12H2,1H3,(H,30,32). The molecule has 9 nitrogen and oxygen atoms in total. The maximum Gasteiger partial charge on any atom is 0.291 e. The first-order chi connectivity index (χ1) is 18.2. The average molecular weight is 532 g/mol. The average Bonchev–Trinajstić information content (AvgIpc) is 3.37. The van der Waals surface area contributed by atoms with Crippen molar-refractivity contribution in [3.8, 4) is 23.0 Å². The van der Waals surface area contributed by atoms with Gasteiger partial charge in [0.25, 0.3) is 11.6 Å². The maximum absolute atomic E-state index is 13.8. The van der Waals surface area contributed by atoms with Crippen LogP contribution < -0.4 is 19.5 Å². The summed E-state index contributed by atoms with van der Waals surface area (Å²) in [6, 6.07) is 12.6. The minimum absolute atomic E-state index is 0.0114. The van der Waals surface area contributed by atoms with Crippen LogP contribution >= 0.6 is 0 Å². The second-order valence-corrected chi connectivity index (χ2v) is 7.53. The molecule has 1 aromatic heterocycles. The number of ether oxygens (including phenoxy) is 3. The number of nitrogens with one attached hydrogen (secondary N) is 1. The van der Waals surface area contributed by atoms with Crippen molar-refractivity contribution in [1.29, 1.82) is 0 Å². The van der Waals surface area contributed by atoms with Crippen molar-refractivity contribution in [3.05, 3.63) is 106 Å². The number of furan rings is 1. The van der Waals surface area contributed by atoms with Gasteiger partial charge in [-0.1, -0.05) is 12.1 Å². The zero-order chi connectivity index (χ0) is 27.4.